The second kappa shape index (κ2) is 6.49. The van der Waals surface area contributed by atoms with Crippen LogP contribution in [0.1, 0.15) is 19.3 Å². The maximum atomic E-state index is 8.66. The molecule has 0 aromatic rings. The van der Waals surface area contributed by atoms with Gasteiger partial charge in [-0.1, -0.05) is 12.2 Å². The molecule has 0 aliphatic heterocycles. The van der Waals surface area contributed by atoms with Crippen LogP contribution in [-0.2, 0) is 4.79 Å². The molecule has 0 saturated heterocycles. The van der Waals surface area contributed by atoms with E-state index in [4.69, 9.17) is 9.90 Å². The molecule has 0 saturated carbocycles. The Labute approximate surface area is 61.6 Å². The number of carbonyl (C=O) groups is 1. The van der Waals surface area contributed by atoms with Crippen molar-refractivity contribution < 1.29 is 9.90 Å². The lowest BCUT2D eigenvalue weighted by atomic mass is 9.96. The molecule has 58 valence electrons. The highest BCUT2D eigenvalue weighted by Crippen LogP contribution is 2.16. The molecule has 2 heteroatoms. The lowest BCUT2D eigenvalue weighted by molar-refractivity contribution is -0.0979. The van der Waals surface area contributed by atoms with Crippen LogP contribution in [0, 0.1) is 5.92 Å². The summed E-state index contributed by atoms with van der Waals surface area (Å²) in [6, 6.07) is 0. The number of hydrogen-bond acceptors (Lipinski definition) is 2. The van der Waals surface area contributed by atoms with Gasteiger partial charge in [-0.3, -0.25) is 0 Å². The van der Waals surface area contributed by atoms with E-state index in [9.17, 15) is 0 Å². The highest BCUT2D eigenvalue weighted by Gasteiger charge is 2.06. The third-order valence-electron chi connectivity index (χ3n) is 1.64. The summed E-state index contributed by atoms with van der Waals surface area (Å²) in [5, 5.41) is 8.66. The Hall–Kier alpha value is -0.630. The third-order valence-corrected chi connectivity index (χ3v) is 1.64. The van der Waals surface area contributed by atoms with Gasteiger partial charge in [-0.25, -0.2) is 0 Å². The molecular formula is C8H14O2. The predicted octanol–water partition coefficient (Wildman–Crippen LogP) is 1.15. The van der Waals surface area contributed by atoms with Crippen LogP contribution in [0.25, 0.3) is 0 Å². The van der Waals surface area contributed by atoms with Crippen molar-refractivity contribution in [3.8, 4) is 0 Å². The van der Waals surface area contributed by atoms with E-state index in [-0.39, 0.29) is 0 Å². The molecule has 0 aromatic heterocycles. The normalized spacial score (nSPS) is 23.1. The number of hydrogen-bond donors (Lipinski definition) is 1. The van der Waals surface area contributed by atoms with Gasteiger partial charge in [0.1, 0.15) is 6.79 Å². The molecule has 1 aliphatic carbocycles. The summed E-state index contributed by atoms with van der Waals surface area (Å²) in [5.74, 6) is 0.556. The maximum Gasteiger partial charge on any atom is 0.106 e. The fraction of sp³-hybridized carbons (Fsp3) is 0.625. The standard InChI is InChI=1S/C7H12O.CH2O/c8-6-7-4-2-1-3-5-7;1-2/h1-2,7-8H,3-6H2;1H2. The second-order valence-electron chi connectivity index (χ2n) is 2.33. The topological polar surface area (TPSA) is 37.3 Å². The van der Waals surface area contributed by atoms with Gasteiger partial charge in [0, 0.05) is 6.61 Å². The second-order valence-corrected chi connectivity index (χ2v) is 2.33. The van der Waals surface area contributed by atoms with Gasteiger partial charge < -0.3 is 9.90 Å². The lowest BCUT2D eigenvalue weighted by Crippen LogP contribution is -2.06. The van der Waals surface area contributed by atoms with Crippen molar-refractivity contribution in [1.82, 2.24) is 0 Å². The Kier molecular flexibility index (Phi) is 6.08. The first kappa shape index (κ1) is 9.37. The monoisotopic (exact) mass is 142 g/mol. The van der Waals surface area contributed by atoms with E-state index in [0.717, 1.165) is 12.8 Å². The largest absolute Gasteiger partial charge is 0.396 e. The summed E-state index contributed by atoms with van der Waals surface area (Å²) in [4.78, 5) is 8.00. The van der Waals surface area contributed by atoms with Crippen molar-refractivity contribution >= 4 is 6.79 Å². The van der Waals surface area contributed by atoms with Crippen LogP contribution in [0.15, 0.2) is 12.2 Å². The fourth-order valence-electron chi connectivity index (χ4n) is 1.02. The number of allylic oxidation sites excluding steroid dienone is 2. The molecule has 1 atom stereocenters. The molecule has 1 N–H and O–H groups in total. The zero-order valence-corrected chi connectivity index (χ0v) is 6.12. The van der Waals surface area contributed by atoms with Crippen LogP contribution in [0.3, 0.4) is 0 Å². The van der Waals surface area contributed by atoms with Crippen LogP contribution in [0.5, 0.6) is 0 Å². The van der Waals surface area contributed by atoms with E-state index < -0.39 is 0 Å². The van der Waals surface area contributed by atoms with Gasteiger partial charge in [0.2, 0.25) is 0 Å². The first-order chi connectivity index (χ1) is 4.93. The van der Waals surface area contributed by atoms with Gasteiger partial charge in [-0.2, -0.15) is 0 Å². The zero-order valence-electron chi connectivity index (χ0n) is 6.12. The minimum atomic E-state index is 0.365. The van der Waals surface area contributed by atoms with E-state index in [0.29, 0.717) is 12.5 Å². The van der Waals surface area contributed by atoms with Crippen LogP contribution in [0.4, 0.5) is 0 Å². The number of carbonyl (C=O) groups excluding carboxylic acids is 1. The average Bonchev–Trinajstić information content (AvgIpc) is 2.10. The van der Waals surface area contributed by atoms with Crippen LogP contribution < -0.4 is 0 Å². The molecule has 0 spiro atoms. The van der Waals surface area contributed by atoms with Gasteiger partial charge in [-0.15, -0.1) is 0 Å². The van der Waals surface area contributed by atoms with E-state index >= 15 is 0 Å². The Morgan fingerprint density at radius 2 is 2.20 bits per heavy atom. The van der Waals surface area contributed by atoms with E-state index in [1.54, 1.807) is 0 Å². The minimum absolute atomic E-state index is 0.365. The smallest absolute Gasteiger partial charge is 0.106 e. The van der Waals surface area contributed by atoms with Crippen LogP contribution >= 0.6 is 0 Å². The maximum absolute atomic E-state index is 8.66. The lowest BCUT2D eigenvalue weighted by Gasteiger charge is -2.13. The average molecular weight is 142 g/mol. The van der Waals surface area contributed by atoms with Crippen molar-refractivity contribution in [1.29, 1.82) is 0 Å². The Balaban J connectivity index is 0.000000371. The number of rotatable bonds is 1. The predicted molar refractivity (Wildman–Crippen MR) is 40.7 cm³/mol. The Bertz CT molecular complexity index is 99.4. The van der Waals surface area contributed by atoms with Crippen molar-refractivity contribution in [3.05, 3.63) is 12.2 Å². The van der Waals surface area contributed by atoms with E-state index in [1.807, 2.05) is 6.79 Å². The Morgan fingerprint density at radius 3 is 2.50 bits per heavy atom. The summed E-state index contributed by atoms with van der Waals surface area (Å²) in [7, 11) is 0. The summed E-state index contributed by atoms with van der Waals surface area (Å²) in [6.45, 7) is 2.37. The SMILES string of the molecule is C=O.OCC1CC=CCC1. The van der Waals surface area contributed by atoms with Gasteiger partial charge in [-0.05, 0) is 25.2 Å². The Morgan fingerprint density at radius 1 is 1.50 bits per heavy atom. The van der Waals surface area contributed by atoms with Crippen molar-refractivity contribution in [2.45, 2.75) is 19.3 Å². The molecular weight excluding hydrogens is 128 g/mol. The minimum Gasteiger partial charge on any atom is -0.396 e. The zero-order chi connectivity index (χ0) is 7.82. The van der Waals surface area contributed by atoms with Crippen molar-refractivity contribution in [3.63, 3.8) is 0 Å². The highest BCUT2D eigenvalue weighted by atomic mass is 16.3. The highest BCUT2D eigenvalue weighted by molar-refractivity contribution is 5.10. The number of aliphatic hydroxyl groups excluding tert-OH is 1. The fourth-order valence-corrected chi connectivity index (χ4v) is 1.02. The first-order valence-corrected chi connectivity index (χ1v) is 3.48. The molecule has 1 aliphatic rings. The van der Waals surface area contributed by atoms with Gasteiger partial charge in [0.15, 0.2) is 0 Å². The molecule has 0 aromatic carbocycles. The molecule has 0 radical (unpaired) electrons. The van der Waals surface area contributed by atoms with Crippen LogP contribution in [-0.4, -0.2) is 18.5 Å². The summed E-state index contributed by atoms with van der Waals surface area (Å²) < 4.78 is 0. The quantitative estimate of drug-likeness (QED) is 0.558. The van der Waals surface area contributed by atoms with Gasteiger partial charge >= 0.3 is 0 Å². The van der Waals surface area contributed by atoms with Crippen molar-refractivity contribution in [2.75, 3.05) is 6.61 Å². The van der Waals surface area contributed by atoms with E-state index in [2.05, 4.69) is 12.2 Å². The molecule has 2 nitrogen and oxygen atoms in total. The molecule has 1 rings (SSSR count). The summed E-state index contributed by atoms with van der Waals surface area (Å²) >= 11 is 0. The van der Waals surface area contributed by atoms with Gasteiger partial charge in [0.05, 0.1) is 0 Å². The van der Waals surface area contributed by atoms with Crippen molar-refractivity contribution in [2.24, 2.45) is 5.92 Å². The molecule has 0 heterocycles. The summed E-state index contributed by atoms with van der Waals surface area (Å²) in [6.07, 6.45) is 7.76. The molecule has 1 unspecified atom stereocenters. The number of aliphatic hydroxyl groups is 1. The van der Waals surface area contributed by atoms with Crippen LogP contribution in [0.2, 0.25) is 0 Å². The summed E-state index contributed by atoms with van der Waals surface area (Å²) in [5.41, 5.74) is 0. The molecule has 0 bridgehead atoms. The molecule has 10 heavy (non-hydrogen) atoms. The first-order valence-electron chi connectivity index (χ1n) is 3.48. The molecule has 0 fully saturated rings. The molecule has 0 amide bonds. The van der Waals surface area contributed by atoms with E-state index in [1.165, 1.54) is 6.42 Å². The van der Waals surface area contributed by atoms with Gasteiger partial charge in [0.25, 0.3) is 0 Å². The third kappa shape index (κ3) is 3.41.